The summed E-state index contributed by atoms with van der Waals surface area (Å²) in [5.41, 5.74) is 1.36. The molecule has 0 atom stereocenters. The minimum atomic E-state index is 0.590. The molecule has 0 aromatic heterocycles. The second-order valence-electron chi connectivity index (χ2n) is 3.41. The SMILES string of the molecule is O=CNCC=CC=CCCc1ccccc1. The molecule has 0 unspecified atom stereocenters. The number of nitrogens with one attached hydrogen (secondary N) is 1. The highest BCUT2D eigenvalue weighted by atomic mass is 16.1. The highest BCUT2D eigenvalue weighted by molar-refractivity contribution is 5.46. The van der Waals surface area contributed by atoms with E-state index in [0.717, 1.165) is 12.8 Å². The fourth-order valence-electron chi connectivity index (χ4n) is 1.33. The lowest BCUT2D eigenvalue weighted by Crippen LogP contribution is -2.08. The molecule has 0 saturated carbocycles. The van der Waals surface area contributed by atoms with Crippen LogP contribution in [0.3, 0.4) is 0 Å². The molecule has 1 N–H and O–H groups in total. The molecule has 2 heteroatoms. The van der Waals surface area contributed by atoms with Crippen molar-refractivity contribution in [3.05, 3.63) is 60.2 Å². The molecular formula is C14H17NO. The molecule has 0 aliphatic rings. The van der Waals surface area contributed by atoms with Crippen LogP contribution >= 0.6 is 0 Å². The first-order chi connectivity index (χ1) is 7.93. The monoisotopic (exact) mass is 215 g/mol. The van der Waals surface area contributed by atoms with Crippen molar-refractivity contribution in [2.45, 2.75) is 12.8 Å². The minimum absolute atomic E-state index is 0.590. The van der Waals surface area contributed by atoms with Crippen molar-refractivity contribution in [3.63, 3.8) is 0 Å². The van der Waals surface area contributed by atoms with Crippen LogP contribution in [0.2, 0.25) is 0 Å². The van der Waals surface area contributed by atoms with Crippen LogP contribution in [-0.4, -0.2) is 13.0 Å². The molecule has 0 radical (unpaired) electrons. The zero-order valence-electron chi connectivity index (χ0n) is 9.30. The number of allylic oxidation sites excluding steroid dienone is 3. The van der Waals surface area contributed by atoms with E-state index in [1.807, 2.05) is 24.3 Å². The van der Waals surface area contributed by atoms with Gasteiger partial charge in [-0.2, -0.15) is 0 Å². The average molecular weight is 215 g/mol. The molecule has 2 nitrogen and oxygen atoms in total. The standard InChI is InChI=1S/C14H17NO/c16-13-15-12-8-3-1-2-5-9-14-10-6-4-7-11-14/h1-4,6-8,10-11,13H,5,9,12H2,(H,15,16). The van der Waals surface area contributed by atoms with Crippen molar-refractivity contribution in [1.82, 2.24) is 5.32 Å². The van der Waals surface area contributed by atoms with E-state index < -0.39 is 0 Å². The Kier molecular flexibility index (Phi) is 6.48. The summed E-state index contributed by atoms with van der Waals surface area (Å²) in [6, 6.07) is 10.4. The lowest BCUT2D eigenvalue weighted by atomic mass is 10.1. The van der Waals surface area contributed by atoms with E-state index in [4.69, 9.17) is 0 Å². The topological polar surface area (TPSA) is 29.1 Å². The Morgan fingerprint density at radius 3 is 2.56 bits per heavy atom. The predicted octanol–water partition coefficient (Wildman–Crippen LogP) is 2.48. The summed E-state index contributed by atoms with van der Waals surface area (Å²) in [5.74, 6) is 0. The van der Waals surface area contributed by atoms with Crippen LogP contribution in [0.25, 0.3) is 0 Å². The summed E-state index contributed by atoms with van der Waals surface area (Å²) in [6.45, 7) is 0.590. The van der Waals surface area contributed by atoms with E-state index in [1.165, 1.54) is 5.56 Å². The number of carbonyl (C=O) groups is 1. The zero-order valence-corrected chi connectivity index (χ0v) is 9.30. The maximum atomic E-state index is 9.93. The average Bonchev–Trinajstić information content (AvgIpc) is 2.34. The minimum Gasteiger partial charge on any atom is -0.355 e. The lowest BCUT2D eigenvalue weighted by Gasteiger charge is -1.95. The summed E-state index contributed by atoms with van der Waals surface area (Å²) in [6.07, 6.45) is 10.8. The molecular weight excluding hydrogens is 198 g/mol. The molecule has 0 aliphatic heterocycles. The molecule has 0 fully saturated rings. The highest BCUT2D eigenvalue weighted by Gasteiger charge is 1.86. The van der Waals surface area contributed by atoms with Gasteiger partial charge in [0.25, 0.3) is 0 Å². The number of amides is 1. The fourth-order valence-corrected chi connectivity index (χ4v) is 1.33. The van der Waals surface area contributed by atoms with Crippen LogP contribution < -0.4 is 5.32 Å². The third-order valence-electron chi connectivity index (χ3n) is 2.14. The smallest absolute Gasteiger partial charge is 0.207 e. The van der Waals surface area contributed by atoms with E-state index in [9.17, 15) is 4.79 Å². The van der Waals surface area contributed by atoms with Gasteiger partial charge < -0.3 is 5.32 Å². The van der Waals surface area contributed by atoms with Crippen molar-refractivity contribution in [3.8, 4) is 0 Å². The number of hydrogen-bond donors (Lipinski definition) is 1. The quantitative estimate of drug-likeness (QED) is 0.422. The summed E-state index contributed by atoms with van der Waals surface area (Å²) in [5, 5.41) is 2.56. The maximum Gasteiger partial charge on any atom is 0.207 e. The Morgan fingerprint density at radius 2 is 1.81 bits per heavy atom. The molecule has 1 aromatic rings. The normalized spacial score (nSPS) is 11.0. The summed E-state index contributed by atoms with van der Waals surface area (Å²) in [7, 11) is 0. The predicted molar refractivity (Wildman–Crippen MR) is 67.1 cm³/mol. The number of rotatable bonds is 7. The Labute approximate surface area is 96.7 Å². The van der Waals surface area contributed by atoms with Crippen LogP contribution in [-0.2, 0) is 11.2 Å². The van der Waals surface area contributed by atoms with E-state index in [0.29, 0.717) is 13.0 Å². The first kappa shape index (κ1) is 12.2. The first-order valence-electron chi connectivity index (χ1n) is 5.46. The Morgan fingerprint density at radius 1 is 1.06 bits per heavy atom. The van der Waals surface area contributed by atoms with Gasteiger partial charge in [0.05, 0.1) is 0 Å². The number of aryl methyl sites for hydroxylation is 1. The van der Waals surface area contributed by atoms with Gasteiger partial charge in [-0.3, -0.25) is 4.79 Å². The molecule has 1 amide bonds. The van der Waals surface area contributed by atoms with E-state index in [2.05, 4.69) is 35.7 Å². The molecule has 0 saturated heterocycles. The van der Waals surface area contributed by atoms with Crippen LogP contribution in [0.5, 0.6) is 0 Å². The van der Waals surface area contributed by atoms with Crippen molar-refractivity contribution in [2.24, 2.45) is 0 Å². The summed E-state index contributed by atoms with van der Waals surface area (Å²) in [4.78, 5) is 9.93. The van der Waals surface area contributed by atoms with E-state index in [1.54, 1.807) is 0 Å². The van der Waals surface area contributed by atoms with Crippen molar-refractivity contribution < 1.29 is 4.79 Å². The number of benzene rings is 1. The van der Waals surface area contributed by atoms with Gasteiger partial charge in [-0.15, -0.1) is 0 Å². The number of hydrogen-bond acceptors (Lipinski definition) is 1. The largest absolute Gasteiger partial charge is 0.355 e. The molecule has 16 heavy (non-hydrogen) atoms. The van der Waals surface area contributed by atoms with Gasteiger partial charge in [-0.05, 0) is 18.4 Å². The van der Waals surface area contributed by atoms with Crippen LogP contribution in [0.4, 0.5) is 0 Å². The van der Waals surface area contributed by atoms with Crippen molar-refractivity contribution >= 4 is 6.41 Å². The molecule has 0 spiro atoms. The lowest BCUT2D eigenvalue weighted by molar-refractivity contribution is -0.109. The third-order valence-corrected chi connectivity index (χ3v) is 2.14. The van der Waals surface area contributed by atoms with Crippen molar-refractivity contribution in [1.29, 1.82) is 0 Å². The molecule has 1 aromatic carbocycles. The Bertz CT molecular complexity index is 341. The summed E-state index contributed by atoms with van der Waals surface area (Å²) >= 11 is 0. The van der Waals surface area contributed by atoms with Crippen molar-refractivity contribution in [2.75, 3.05) is 6.54 Å². The molecule has 0 bridgehead atoms. The van der Waals surface area contributed by atoms with Gasteiger partial charge in [0.2, 0.25) is 6.41 Å². The fraction of sp³-hybridized carbons (Fsp3) is 0.214. The third kappa shape index (κ3) is 5.81. The number of carbonyl (C=O) groups excluding carboxylic acids is 1. The van der Waals surface area contributed by atoms with E-state index in [-0.39, 0.29) is 0 Å². The molecule has 0 heterocycles. The van der Waals surface area contributed by atoms with Gasteiger partial charge in [-0.1, -0.05) is 54.6 Å². The van der Waals surface area contributed by atoms with Crippen LogP contribution in [0.15, 0.2) is 54.6 Å². The second-order valence-corrected chi connectivity index (χ2v) is 3.41. The van der Waals surface area contributed by atoms with Gasteiger partial charge in [0, 0.05) is 6.54 Å². The van der Waals surface area contributed by atoms with Gasteiger partial charge in [0.15, 0.2) is 0 Å². The maximum absolute atomic E-state index is 9.93. The van der Waals surface area contributed by atoms with Gasteiger partial charge >= 0.3 is 0 Å². The van der Waals surface area contributed by atoms with Crippen LogP contribution in [0, 0.1) is 0 Å². The zero-order chi connectivity index (χ0) is 11.5. The summed E-state index contributed by atoms with van der Waals surface area (Å²) < 4.78 is 0. The highest BCUT2D eigenvalue weighted by Crippen LogP contribution is 2.02. The Balaban J connectivity index is 2.13. The molecule has 84 valence electrons. The first-order valence-corrected chi connectivity index (χ1v) is 5.46. The second kappa shape index (κ2) is 8.48. The van der Waals surface area contributed by atoms with Gasteiger partial charge in [0.1, 0.15) is 0 Å². The van der Waals surface area contributed by atoms with Crippen LogP contribution in [0.1, 0.15) is 12.0 Å². The van der Waals surface area contributed by atoms with Gasteiger partial charge in [-0.25, -0.2) is 0 Å². The molecule has 1 rings (SSSR count). The molecule has 0 aliphatic carbocycles. The Hall–Kier alpha value is -1.83. The van der Waals surface area contributed by atoms with E-state index >= 15 is 0 Å².